The molecule has 1 aliphatic rings. The summed E-state index contributed by atoms with van der Waals surface area (Å²) in [5.74, 6) is 3.40. The summed E-state index contributed by atoms with van der Waals surface area (Å²) < 4.78 is 5.42. The zero-order chi connectivity index (χ0) is 60.8. The molecular formula is C71H96N6O6. The molecule has 12 heteroatoms. The third kappa shape index (κ3) is 25.1. The van der Waals surface area contributed by atoms with Crippen molar-refractivity contribution in [3.8, 4) is 0 Å². The van der Waals surface area contributed by atoms with Crippen LogP contribution in [-0.2, 0) is 62.6 Å². The second kappa shape index (κ2) is 36.5. The van der Waals surface area contributed by atoms with Gasteiger partial charge in [-0.25, -0.2) is 4.79 Å². The number of aromatic nitrogens is 4. The fraction of sp³-hybridized carbons (Fsp3) is 0.479. The molecule has 4 aromatic heterocycles. The molecule has 0 radical (unpaired) electrons. The number of hydrogen-bond acceptors (Lipinski definition) is 11. The van der Waals surface area contributed by atoms with Gasteiger partial charge in [-0.2, -0.15) is 0 Å². The first-order chi connectivity index (χ1) is 39.6. The summed E-state index contributed by atoms with van der Waals surface area (Å²) in [6.45, 7) is 26.4. The molecule has 2 N–H and O–H groups in total. The van der Waals surface area contributed by atoms with Gasteiger partial charge < -0.3 is 10.5 Å². The number of Topliss-reactive ketones (excluding diaryl/α,β-unsaturated/α-hetero) is 4. The van der Waals surface area contributed by atoms with Crippen LogP contribution in [0.4, 0.5) is 4.79 Å². The molecule has 0 saturated carbocycles. The van der Waals surface area contributed by atoms with E-state index in [1.807, 2.05) is 112 Å². The Bertz CT molecular complexity index is 2900. The van der Waals surface area contributed by atoms with Crippen molar-refractivity contribution in [2.75, 3.05) is 13.1 Å². The smallest absolute Gasteiger partial charge is 0.410 e. The van der Waals surface area contributed by atoms with Crippen molar-refractivity contribution in [3.05, 3.63) is 190 Å². The molecule has 12 nitrogen and oxygen atoms in total. The lowest BCUT2D eigenvalue weighted by Crippen LogP contribution is -2.40. The van der Waals surface area contributed by atoms with Gasteiger partial charge in [0.25, 0.3) is 0 Å². The average Bonchev–Trinajstić information content (AvgIpc) is 4.14. The number of nitrogens with zero attached hydrogens (tertiary/aromatic N) is 5. The van der Waals surface area contributed by atoms with Gasteiger partial charge in [-0.1, -0.05) is 168 Å². The fourth-order valence-corrected chi connectivity index (χ4v) is 9.25. The van der Waals surface area contributed by atoms with Crippen molar-refractivity contribution in [2.24, 2.45) is 23.5 Å². The summed E-state index contributed by atoms with van der Waals surface area (Å²) in [5, 5.41) is 0. The van der Waals surface area contributed by atoms with Gasteiger partial charge in [0.15, 0.2) is 5.78 Å². The highest BCUT2D eigenvalue weighted by Gasteiger charge is 2.34. The predicted octanol–water partition coefficient (Wildman–Crippen LogP) is 14.8. The Kier molecular flexibility index (Phi) is 30.1. The van der Waals surface area contributed by atoms with Crippen molar-refractivity contribution >= 4 is 29.2 Å². The average molecular weight is 1130 g/mol. The highest BCUT2D eigenvalue weighted by molar-refractivity contribution is 5.88. The van der Waals surface area contributed by atoms with Crippen molar-refractivity contribution < 1.29 is 28.7 Å². The number of pyridine rings is 4. The lowest BCUT2D eigenvalue weighted by molar-refractivity contribution is -0.124. The number of ketones is 4. The number of nitrogens with two attached hydrogens (primary N) is 1. The Balaban J connectivity index is 0.000000244. The Morgan fingerprint density at radius 3 is 1.31 bits per heavy atom. The number of likely N-dealkylation sites (tertiary alicyclic amines) is 1. The van der Waals surface area contributed by atoms with Crippen molar-refractivity contribution in [1.29, 1.82) is 0 Å². The molecule has 2 aromatic carbocycles. The zero-order valence-corrected chi connectivity index (χ0v) is 52.0. The molecule has 3 atom stereocenters. The van der Waals surface area contributed by atoms with E-state index in [0.29, 0.717) is 86.2 Å². The molecule has 2 unspecified atom stereocenters. The molecule has 1 fully saturated rings. The monoisotopic (exact) mass is 1130 g/mol. The van der Waals surface area contributed by atoms with Crippen LogP contribution in [-0.4, -0.2) is 73.2 Å². The Morgan fingerprint density at radius 1 is 0.506 bits per heavy atom. The Hall–Kier alpha value is -7.05. The SMILES string of the molecule is CC(C)c1cncc(CCC(=O)C(C)C(C)C)c1.CC(C)c1cncc(CCC(=O)CN)c1.CC(C)c1cncc(CCC(=O)[C@@H]2CCCN2C(=O)OCc2ccccc2)c1.CC(Cc1ccccc1)C(=O)CCc1cncc(C(C)C)c1. The first kappa shape index (κ1) is 68.4. The van der Waals surface area contributed by atoms with E-state index in [2.05, 4.69) is 126 Å². The molecule has 5 heterocycles. The maximum atomic E-state index is 12.8. The highest BCUT2D eigenvalue weighted by atomic mass is 16.6. The number of benzene rings is 2. The lowest BCUT2D eigenvalue weighted by atomic mass is 9.90. The Morgan fingerprint density at radius 2 is 0.904 bits per heavy atom. The molecule has 83 heavy (non-hydrogen) atoms. The van der Waals surface area contributed by atoms with Gasteiger partial charge in [0.05, 0.1) is 12.6 Å². The molecular weight excluding hydrogens is 1030 g/mol. The van der Waals surface area contributed by atoms with Gasteiger partial charge in [0.1, 0.15) is 24.0 Å². The van der Waals surface area contributed by atoms with Crippen LogP contribution in [0, 0.1) is 17.8 Å². The van der Waals surface area contributed by atoms with E-state index >= 15 is 0 Å². The van der Waals surface area contributed by atoms with Gasteiger partial charge in [-0.3, -0.25) is 44.0 Å². The third-order valence-electron chi connectivity index (χ3n) is 15.3. The number of ether oxygens (including phenoxy) is 1. The molecule has 1 aliphatic heterocycles. The fourth-order valence-electron chi connectivity index (χ4n) is 9.25. The standard InChI is InChI=1S/C23H28N2O3.C20H25NO.C16H25NO.C12H18N2O/c1-17(2)20-13-19(14-24-15-20)10-11-22(26)21-9-6-12-25(21)23(27)28-16-18-7-4-3-5-8-18;1-15(2)19-12-18(13-21-14-19)9-10-20(22)16(3)11-17-7-5-4-6-8-17;1-11(2)13(5)16(18)7-6-14-8-15(12(3)4)10-17-9-14;1-9(2)11-5-10(7-14-8-11)3-4-12(15)6-13/h3-5,7-8,13-15,17,21H,6,9-12,16H2,1-2H3;4-8,12-16H,9-11H2,1-3H3;8-13H,6-7H2,1-5H3;5,7-9H,3-4,6,13H2,1-2H3/t21-;;;/m0.../s1. The van der Waals surface area contributed by atoms with E-state index in [0.717, 1.165) is 54.4 Å². The summed E-state index contributed by atoms with van der Waals surface area (Å²) in [6.07, 6.45) is 22.1. The molecule has 7 rings (SSSR count). The van der Waals surface area contributed by atoms with Gasteiger partial charge in [-0.15, -0.1) is 0 Å². The molecule has 446 valence electrons. The van der Waals surface area contributed by atoms with Gasteiger partial charge in [-0.05, 0) is 130 Å². The minimum atomic E-state index is -0.400. The van der Waals surface area contributed by atoms with E-state index in [-0.39, 0.29) is 42.6 Å². The summed E-state index contributed by atoms with van der Waals surface area (Å²) >= 11 is 0. The maximum Gasteiger partial charge on any atom is 0.410 e. The normalized spacial score (nSPS) is 13.6. The highest BCUT2D eigenvalue weighted by Crippen LogP contribution is 2.24. The third-order valence-corrected chi connectivity index (χ3v) is 15.3. The summed E-state index contributed by atoms with van der Waals surface area (Å²) in [6, 6.07) is 28.0. The van der Waals surface area contributed by atoms with E-state index in [4.69, 9.17) is 10.5 Å². The Labute approximate surface area is 497 Å². The van der Waals surface area contributed by atoms with Crippen LogP contribution in [0.5, 0.6) is 0 Å². The minimum Gasteiger partial charge on any atom is -0.445 e. The van der Waals surface area contributed by atoms with Crippen LogP contribution < -0.4 is 5.73 Å². The van der Waals surface area contributed by atoms with Gasteiger partial charge >= 0.3 is 6.09 Å². The molecule has 6 aromatic rings. The number of hydrogen-bond donors (Lipinski definition) is 1. The van der Waals surface area contributed by atoms with Gasteiger partial charge in [0.2, 0.25) is 0 Å². The van der Waals surface area contributed by atoms with Crippen LogP contribution in [0.25, 0.3) is 0 Å². The zero-order valence-electron chi connectivity index (χ0n) is 52.0. The van der Waals surface area contributed by atoms with E-state index in [1.165, 1.54) is 33.4 Å². The van der Waals surface area contributed by atoms with E-state index in [9.17, 15) is 24.0 Å². The van der Waals surface area contributed by atoms with Crippen LogP contribution in [0.2, 0.25) is 0 Å². The quantitative estimate of drug-likeness (QED) is 0.0577. The number of rotatable bonds is 25. The number of carbonyl (C=O) groups excluding carboxylic acids is 5. The first-order valence-corrected chi connectivity index (χ1v) is 30.2. The number of amides is 1. The minimum absolute atomic E-state index is 0.0728. The first-order valence-electron chi connectivity index (χ1n) is 30.2. The summed E-state index contributed by atoms with van der Waals surface area (Å²) in [5.41, 5.74) is 16.8. The lowest BCUT2D eigenvalue weighted by Gasteiger charge is -2.23. The number of aryl methyl sites for hydroxylation is 4. The molecule has 1 saturated heterocycles. The van der Waals surface area contributed by atoms with E-state index < -0.39 is 6.09 Å². The summed E-state index contributed by atoms with van der Waals surface area (Å²) in [7, 11) is 0. The van der Waals surface area contributed by atoms with Crippen LogP contribution in [0.1, 0.15) is 201 Å². The largest absolute Gasteiger partial charge is 0.445 e. The number of carbonyl (C=O) groups is 5. The molecule has 1 amide bonds. The van der Waals surface area contributed by atoms with Gasteiger partial charge in [0, 0.05) is 93.6 Å². The van der Waals surface area contributed by atoms with Crippen molar-refractivity contribution in [3.63, 3.8) is 0 Å². The second-order valence-corrected chi connectivity index (χ2v) is 23.8. The predicted molar refractivity (Wildman–Crippen MR) is 335 cm³/mol. The second-order valence-electron chi connectivity index (χ2n) is 23.8. The van der Waals surface area contributed by atoms with Crippen LogP contribution >= 0.6 is 0 Å². The van der Waals surface area contributed by atoms with E-state index in [1.54, 1.807) is 4.90 Å². The van der Waals surface area contributed by atoms with Crippen LogP contribution in [0.3, 0.4) is 0 Å². The van der Waals surface area contributed by atoms with Crippen LogP contribution in [0.15, 0.2) is 135 Å². The van der Waals surface area contributed by atoms with Crippen molar-refractivity contribution in [1.82, 2.24) is 24.8 Å². The molecule has 0 bridgehead atoms. The maximum absolute atomic E-state index is 12.8. The summed E-state index contributed by atoms with van der Waals surface area (Å²) in [4.78, 5) is 79.1. The topological polar surface area (TPSA) is 175 Å². The molecule has 0 spiro atoms. The molecule has 0 aliphatic carbocycles. The van der Waals surface area contributed by atoms with Crippen molar-refractivity contribution in [2.45, 2.75) is 190 Å².